The maximum atomic E-state index is 11.7. The lowest BCUT2D eigenvalue weighted by atomic mass is 10.1. The summed E-state index contributed by atoms with van der Waals surface area (Å²) in [6, 6.07) is 10.9. The molecule has 2 rings (SSSR count). The molecule has 21 heavy (non-hydrogen) atoms. The molecule has 0 unspecified atom stereocenters. The number of carbonyl (C=O) groups is 1. The van der Waals surface area contributed by atoms with Gasteiger partial charge in [-0.2, -0.15) is 5.26 Å². The first-order chi connectivity index (χ1) is 10.1. The van der Waals surface area contributed by atoms with Gasteiger partial charge < -0.3 is 15.1 Å². The molecule has 1 heterocycles. The number of nitrogens with zero attached hydrogens (tertiary/aromatic N) is 1. The van der Waals surface area contributed by atoms with Gasteiger partial charge in [0.05, 0.1) is 6.54 Å². The molecule has 0 aliphatic rings. The molecule has 1 aromatic carbocycles. The average Bonchev–Trinajstić information content (AvgIpc) is 2.94. The Morgan fingerprint density at radius 2 is 2.14 bits per heavy atom. The summed E-state index contributed by atoms with van der Waals surface area (Å²) >= 11 is 0. The number of amides is 1. The summed E-state index contributed by atoms with van der Waals surface area (Å²) in [7, 11) is 0. The predicted molar refractivity (Wildman–Crippen MR) is 79.9 cm³/mol. The highest BCUT2D eigenvalue weighted by Crippen LogP contribution is 2.18. The fourth-order valence-corrected chi connectivity index (χ4v) is 1.98. The molecule has 0 radical (unpaired) electrons. The zero-order valence-electron chi connectivity index (χ0n) is 12.1. The minimum absolute atomic E-state index is 0.0724. The van der Waals surface area contributed by atoms with Crippen molar-refractivity contribution in [2.45, 2.75) is 20.4 Å². The second-order valence-corrected chi connectivity index (χ2v) is 4.62. The van der Waals surface area contributed by atoms with Crippen molar-refractivity contribution in [3.05, 3.63) is 53.0 Å². The fourth-order valence-electron chi connectivity index (χ4n) is 1.98. The Bertz CT molecular complexity index is 683. The first-order valence-corrected chi connectivity index (χ1v) is 6.75. The van der Waals surface area contributed by atoms with Crippen LogP contribution in [-0.2, 0) is 6.54 Å². The molecule has 108 valence electrons. The van der Waals surface area contributed by atoms with Crippen molar-refractivity contribution >= 4 is 11.6 Å². The molecule has 2 aromatic rings. The Morgan fingerprint density at radius 1 is 1.33 bits per heavy atom. The number of hydrogen-bond acceptors (Lipinski definition) is 4. The summed E-state index contributed by atoms with van der Waals surface area (Å²) in [4.78, 5) is 11.7. The third kappa shape index (κ3) is 3.63. The van der Waals surface area contributed by atoms with E-state index in [0.29, 0.717) is 30.2 Å². The van der Waals surface area contributed by atoms with Gasteiger partial charge in [0.25, 0.3) is 5.91 Å². The van der Waals surface area contributed by atoms with Crippen molar-refractivity contribution in [2.75, 3.05) is 11.9 Å². The van der Waals surface area contributed by atoms with Gasteiger partial charge in [-0.05, 0) is 49.7 Å². The molecule has 5 nitrogen and oxygen atoms in total. The molecule has 2 N–H and O–H groups in total. The highest BCUT2D eigenvalue weighted by molar-refractivity contribution is 5.94. The lowest BCUT2D eigenvalue weighted by Crippen LogP contribution is -2.22. The molecule has 5 heteroatoms. The largest absolute Gasteiger partial charge is 0.449 e. The van der Waals surface area contributed by atoms with Crippen molar-refractivity contribution in [3.8, 4) is 6.07 Å². The van der Waals surface area contributed by atoms with Gasteiger partial charge in [0.2, 0.25) is 5.76 Å². The van der Waals surface area contributed by atoms with Crippen LogP contribution in [0.2, 0.25) is 0 Å². The molecule has 1 aromatic heterocycles. The van der Waals surface area contributed by atoms with E-state index in [9.17, 15) is 4.79 Å². The summed E-state index contributed by atoms with van der Waals surface area (Å²) in [5, 5.41) is 14.7. The lowest BCUT2D eigenvalue weighted by Gasteiger charge is -2.10. The number of nitrogens with one attached hydrogen (secondary N) is 2. The maximum Gasteiger partial charge on any atom is 0.251 e. The van der Waals surface area contributed by atoms with Gasteiger partial charge in [-0.15, -0.1) is 0 Å². The smallest absolute Gasteiger partial charge is 0.251 e. The number of aryl methyl sites for hydroxylation is 1. The number of anilines is 1. The third-order valence-corrected chi connectivity index (χ3v) is 3.05. The Labute approximate surface area is 123 Å². The molecule has 0 saturated carbocycles. The van der Waals surface area contributed by atoms with Crippen LogP contribution >= 0.6 is 0 Å². The Hall–Kier alpha value is -2.74. The minimum atomic E-state index is -0.0724. The molecule has 0 saturated heterocycles. The molecule has 0 fully saturated rings. The first kappa shape index (κ1) is 14.7. The van der Waals surface area contributed by atoms with Crippen LogP contribution < -0.4 is 10.6 Å². The summed E-state index contributed by atoms with van der Waals surface area (Å²) in [5.74, 6) is 0.922. The van der Waals surface area contributed by atoms with Crippen molar-refractivity contribution in [2.24, 2.45) is 0 Å². The molecular weight excluding hydrogens is 266 g/mol. The first-order valence-electron chi connectivity index (χ1n) is 6.75. The molecule has 0 bridgehead atoms. The van der Waals surface area contributed by atoms with Crippen LogP contribution in [-0.4, -0.2) is 12.5 Å². The molecule has 1 amide bonds. The van der Waals surface area contributed by atoms with Gasteiger partial charge >= 0.3 is 0 Å². The predicted octanol–water partition coefficient (Wildman–Crippen LogP) is 2.82. The quantitative estimate of drug-likeness (QED) is 0.884. The average molecular weight is 283 g/mol. The second-order valence-electron chi connectivity index (χ2n) is 4.62. The summed E-state index contributed by atoms with van der Waals surface area (Å²) in [6.45, 7) is 4.92. The standard InChI is InChI=1S/C16H17N3O2/c1-3-18-16(20)12-4-7-15(11(2)8-12)19-10-14-6-5-13(9-17)21-14/h4-8,19H,3,10H2,1-2H3,(H,18,20). The van der Waals surface area contributed by atoms with Gasteiger partial charge in [0, 0.05) is 17.8 Å². The molecule has 0 atom stereocenters. The highest BCUT2D eigenvalue weighted by Gasteiger charge is 2.07. The van der Waals surface area contributed by atoms with Crippen molar-refractivity contribution in [1.29, 1.82) is 5.26 Å². The Morgan fingerprint density at radius 3 is 2.76 bits per heavy atom. The molecule has 0 aliphatic carbocycles. The van der Waals surface area contributed by atoms with Crippen LogP contribution in [0.5, 0.6) is 0 Å². The van der Waals surface area contributed by atoms with Gasteiger partial charge in [-0.25, -0.2) is 0 Å². The molecule has 0 spiro atoms. The normalized spacial score (nSPS) is 9.95. The van der Waals surface area contributed by atoms with Crippen LogP contribution in [0.3, 0.4) is 0 Å². The second kappa shape index (κ2) is 6.62. The van der Waals surface area contributed by atoms with E-state index >= 15 is 0 Å². The van der Waals surface area contributed by atoms with E-state index in [2.05, 4.69) is 10.6 Å². The number of rotatable bonds is 5. The number of furan rings is 1. The topological polar surface area (TPSA) is 78.1 Å². The van der Waals surface area contributed by atoms with E-state index in [1.807, 2.05) is 32.0 Å². The van der Waals surface area contributed by atoms with Crippen molar-refractivity contribution < 1.29 is 9.21 Å². The van der Waals surface area contributed by atoms with E-state index < -0.39 is 0 Å². The van der Waals surface area contributed by atoms with E-state index in [0.717, 1.165) is 11.3 Å². The Kier molecular flexibility index (Phi) is 4.62. The van der Waals surface area contributed by atoms with Crippen molar-refractivity contribution in [1.82, 2.24) is 5.32 Å². The fraction of sp³-hybridized carbons (Fsp3) is 0.250. The summed E-state index contributed by atoms with van der Waals surface area (Å²) in [6.07, 6.45) is 0. The van der Waals surface area contributed by atoms with E-state index in [1.54, 1.807) is 18.2 Å². The maximum absolute atomic E-state index is 11.7. The Balaban J connectivity index is 2.04. The van der Waals surface area contributed by atoms with Gasteiger partial charge in [-0.3, -0.25) is 4.79 Å². The zero-order valence-corrected chi connectivity index (χ0v) is 12.1. The third-order valence-electron chi connectivity index (χ3n) is 3.05. The van der Waals surface area contributed by atoms with E-state index in [-0.39, 0.29) is 5.91 Å². The zero-order chi connectivity index (χ0) is 15.2. The molecular formula is C16H17N3O2. The SMILES string of the molecule is CCNC(=O)c1ccc(NCc2ccc(C#N)o2)c(C)c1. The van der Waals surface area contributed by atoms with Crippen LogP contribution in [0.25, 0.3) is 0 Å². The number of carbonyl (C=O) groups excluding carboxylic acids is 1. The van der Waals surface area contributed by atoms with Crippen LogP contribution in [0.15, 0.2) is 34.7 Å². The van der Waals surface area contributed by atoms with Crippen LogP contribution in [0.4, 0.5) is 5.69 Å². The van der Waals surface area contributed by atoms with Crippen LogP contribution in [0.1, 0.15) is 34.4 Å². The van der Waals surface area contributed by atoms with Gasteiger partial charge in [-0.1, -0.05) is 0 Å². The highest BCUT2D eigenvalue weighted by atomic mass is 16.3. The van der Waals surface area contributed by atoms with Crippen molar-refractivity contribution in [3.63, 3.8) is 0 Å². The number of hydrogen-bond donors (Lipinski definition) is 2. The molecule has 0 aliphatic heterocycles. The minimum Gasteiger partial charge on any atom is -0.449 e. The van der Waals surface area contributed by atoms with Gasteiger partial charge in [0.1, 0.15) is 11.8 Å². The van der Waals surface area contributed by atoms with Crippen LogP contribution in [0, 0.1) is 18.3 Å². The monoisotopic (exact) mass is 283 g/mol. The number of nitriles is 1. The number of benzene rings is 1. The summed E-state index contributed by atoms with van der Waals surface area (Å²) in [5.41, 5.74) is 2.55. The van der Waals surface area contributed by atoms with Gasteiger partial charge in [0.15, 0.2) is 0 Å². The van der Waals surface area contributed by atoms with E-state index in [4.69, 9.17) is 9.68 Å². The van der Waals surface area contributed by atoms with E-state index in [1.165, 1.54) is 0 Å². The summed E-state index contributed by atoms with van der Waals surface area (Å²) < 4.78 is 5.30. The lowest BCUT2D eigenvalue weighted by molar-refractivity contribution is 0.0956.